The van der Waals surface area contributed by atoms with Gasteiger partial charge in [0.2, 0.25) is 0 Å². The molecule has 3 heterocycles. The lowest BCUT2D eigenvalue weighted by atomic mass is 9.96. The fourth-order valence-electron chi connectivity index (χ4n) is 9.41. The maximum atomic E-state index is 9.99. The Morgan fingerprint density at radius 2 is 0.983 bits per heavy atom. The van der Waals surface area contributed by atoms with Gasteiger partial charge >= 0.3 is 0 Å². The van der Waals surface area contributed by atoms with E-state index in [0.717, 1.165) is 83.7 Å². The number of nitriles is 1. The van der Waals surface area contributed by atoms with Gasteiger partial charge in [-0.15, -0.1) is 0 Å². The van der Waals surface area contributed by atoms with Crippen LogP contribution in [0.15, 0.2) is 205 Å². The highest BCUT2D eigenvalue weighted by Gasteiger charge is 2.20. The largest absolute Gasteiger partial charge is 0.454 e. The van der Waals surface area contributed by atoms with E-state index in [1.54, 1.807) is 0 Å². The SMILES string of the molecule is N#Cc1ccc2c(c1)c1cc(-c3cccc(Cc4cccc(-c5ccccc5)c4)c3)ccc1n2-c1ccc2oc3c(-n4c5ccccc5c5ccccc54)cccc3c2c1. The molecular formula is C56H35N3O. The van der Waals surface area contributed by atoms with Crippen molar-refractivity contribution in [2.75, 3.05) is 0 Å². The lowest BCUT2D eigenvalue weighted by molar-refractivity contribution is 0.666. The zero-order valence-electron chi connectivity index (χ0n) is 32.5. The van der Waals surface area contributed by atoms with Crippen LogP contribution in [-0.2, 0) is 6.42 Å². The van der Waals surface area contributed by atoms with Crippen LogP contribution in [0, 0.1) is 11.3 Å². The summed E-state index contributed by atoms with van der Waals surface area (Å²) in [6.07, 6.45) is 0.840. The fraction of sp³-hybridized carbons (Fsp3) is 0.0179. The predicted molar refractivity (Wildman–Crippen MR) is 247 cm³/mol. The average Bonchev–Trinajstić information content (AvgIpc) is 3.96. The molecule has 0 aliphatic rings. The van der Waals surface area contributed by atoms with Gasteiger partial charge in [-0.2, -0.15) is 5.26 Å². The van der Waals surface area contributed by atoms with Crippen molar-refractivity contribution in [2.45, 2.75) is 6.42 Å². The van der Waals surface area contributed by atoms with Crippen LogP contribution in [0.4, 0.5) is 0 Å². The second kappa shape index (κ2) is 13.5. The number of hydrogen-bond donors (Lipinski definition) is 0. The number of aromatic nitrogens is 2. The van der Waals surface area contributed by atoms with E-state index in [4.69, 9.17) is 4.42 Å². The summed E-state index contributed by atoms with van der Waals surface area (Å²) in [6, 6.07) is 73.5. The number of nitrogens with zero attached hydrogens (tertiary/aromatic N) is 3. The van der Waals surface area contributed by atoms with Gasteiger partial charge in [-0.1, -0.05) is 133 Å². The van der Waals surface area contributed by atoms with E-state index in [9.17, 15) is 5.26 Å². The summed E-state index contributed by atoms with van der Waals surface area (Å²) in [5.74, 6) is 0. The lowest BCUT2D eigenvalue weighted by Crippen LogP contribution is -1.94. The van der Waals surface area contributed by atoms with E-state index >= 15 is 0 Å². The fourth-order valence-corrected chi connectivity index (χ4v) is 9.41. The Bertz CT molecular complexity index is 3650. The summed E-state index contributed by atoms with van der Waals surface area (Å²) in [6.45, 7) is 0. The molecule has 0 amide bonds. The molecule has 0 fully saturated rings. The first-order valence-corrected chi connectivity index (χ1v) is 20.3. The molecule has 60 heavy (non-hydrogen) atoms. The maximum absolute atomic E-state index is 9.99. The molecule has 4 heteroatoms. The minimum Gasteiger partial charge on any atom is -0.454 e. The maximum Gasteiger partial charge on any atom is 0.159 e. The van der Waals surface area contributed by atoms with Crippen molar-refractivity contribution >= 4 is 65.6 Å². The molecule has 0 atom stereocenters. The molecule has 4 nitrogen and oxygen atoms in total. The second-order valence-electron chi connectivity index (χ2n) is 15.7. The van der Waals surface area contributed by atoms with Crippen molar-refractivity contribution in [3.05, 3.63) is 217 Å². The number of benzene rings is 9. The molecule has 12 aromatic rings. The summed E-state index contributed by atoms with van der Waals surface area (Å²) in [5.41, 5.74) is 16.1. The molecule has 280 valence electrons. The Balaban J connectivity index is 0.970. The highest BCUT2D eigenvalue weighted by atomic mass is 16.3. The Labute approximate surface area is 346 Å². The van der Waals surface area contributed by atoms with Gasteiger partial charge in [-0.25, -0.2) is 0 Å². The summed E-state index contributed by atoms with van der Waals surface area (Å²) in [5, 5.41) is 16.7. The predicted octanol–water partition coefficient (Wildman–Crippen LogP) is 14.6. The van der Waals surface area contributed by atoms with E-state index in [1.807, 2.05) is 12.1 Å². The molecule has 0 saturated heterocycles. The highest BCUT2D eigenvalue weighted by molar-refractivity contribution is 6.14. The molecule has 0 spiro atoms. The van der Waals surface area contributed by atoms with Gasteiger partial charge in [-0.3, -0.25) is 0 Å². The first kappa shape index (κ1) is 34.0. The highest BCUT2D eigenvalue weighted by Crippen LogP contribution is 2.41. The number of hydrogen-bond acceptors (Lipinski definition) is 2. The van der Waals surface area contributed by atoms with Crippen molar-refractivity contribution in [1.82, 2.24) is 9.13 Å². The molecule has 0 saturated carbocycles. The molecule has 9 aromatic carbocycles. The Morgan fingerprint density at radius 1 is 0.400 bits per heavy atom. The number of rotatable bonds is 6. The molecule has 0 radical (unpaired) electrons. The average molecular weight is 766 g/mol. The van der Waals surface area contributed by atoms with Crippen molar-refractivity contribution in [3.63, 3.8) is 0 Å². The Morgan fingerprint density at radius 3 is 1.72 bits per heavy atom. The zero-order valence-corrected chi connectivity index (χ0v) is 32.5. The Hall–Kier alpha value is -8.13. The van der Waals surface area contributed by atoms with Crippen LogP contribution in [0.25, 0.3) is 99.2 Å². The molecule has 0 aliphatic carbocycles. The zero-order chi connectivity index (χ0) is 39.7. The van der Waals surface area contributed by atoms with E-state index in [2.05, 4.69) is 203 Å². The van der Waals surface area contributed by atoms with Gasteiger partial charge in [-0.05, 0) is 107 Å². The van der Waals surface area contributed by atoms with E-state index in [-0.39, 0.29) is 0 Å². The molecule has 0 N–H and O–H groups in total. The smallest absolute Gasteiger partial charge is 0.159 e. The molecule has 12 rings (SSSR count). The third kappa shape index (κ3) is 5.37. The van der Waals surface area contributed by atoms with Crippen molar-refractivity contribution in [1.29, 1.82) is 5.26 Å². The minimum absolute atomic E-state index is 0.639. The summed E-state index contributed by atoms with van der Waals surface area (Å²) in [7, 11) is 0. The van der Waals surface area contributed by atoms with Gasteiger partial charge in [0.05, 0.1) is 39.4 Å². The van der Waals surface area contributed by atoms with E-state index in [1.165, 1.54) is 33.0 Å². The van der Waals surface area contributed by atoms with E-state index < -0.39 is 0 Å². The Kier molecular flexibility index (Phi) is 7.63. The lowest BCUT2D eigenvalue weighted by Gasteiger charge is -2.10. The first-order chi connectivity index (χ1) is 29.7. The molecule has 3 aromatic heterocycles. The molecule has 0 bridgehead atoms. The number of para-hydroxylation sites is 3. The van der Waals surface area contributed by atoms with Gasteiger partial charge < -0.3 is 13.6 Å². The van der Waals surface area contributed by atoms with Crippen LogP contribution in [0.3, 0.4) is 0 Å². The summed E-state index contributed by atoms with van der Waals surface area (Å²) >= 11 is 0. The third-order valence-corrected chi connectivity index (χ3v) is 12.1. The second-order valence-corrected chi connectivity index (χ2v) is 15.7. The number of furan rings is 1. The third-order valence-electron chi connectivity index (χ3n) is 12.1. The normalized spacial score (nSPS) is 11.7. The van der Waals surface area contributed by atoms with Crippen molar-refractivity contribution < 1.29 is 4.42 Å². The standard InChI is InChI=1S/C56H35N3O/c57-35-38-23-26-52-47(32-38)48-33-42(41-16-9-12-37(31-41)29-36-11-8-15-40(30-36)39-13-2-1-3-14-39)24-27-53(48)58(52)43-25-28-55-49(34-43)46-19-10-22-54(56(46)60-55)59-50-20-6-4-17-44(50)45-18-5-7-21-51(45)59/h1-28,30-34H,29H2. The van der Waals surface area contributed by atoms with Crippen LogP contribution in [0.5, 0.6) is 0 Å². The summed E-state index contributed by atoms with van der Waals surface area (Å²) < 4.78 is 11.4. The van der Waals surface area contributed by atoms with Crippen molar-refractivity contribution in [3.8, 4) is 39.7 Å². The summed E-state index contributed by atoms with van der Waals surface area (Å²) in [4.78, 5) is 0. The first-order valence-electron chi connectivity index (χ1n) is 20.3. The van der Waals surface area contributed by atoms with Crippen LogP contribution < -0.4 is 0 Å². The quantitative estimate of drug-likeness (QED) is 0.169. The topological polar surface area (TPSA) is 46.8 Å². The number of fused-ring (bicyclic) bond motifs is 9. The van der Waals surface area contributed by atoms with Gasteiger partial charge in [0.15, 0.2) is 5.58 Å². The minimum atomic E-state index is 0.639. The van der Waals surface area contributed by atoms with Gasteiger partial charge in [0.1, 0.15) is 5.58 Å². The molecule has 0 aliphatic heterocycles. The van der Waals surface area contributed by atoms with Crippen LogP contribution in [0.1, 0.15) is 16.7 Å². The van der Waals surface area contributed by atoms with Crippen LogP contribution in [-0.4, -0.2) is 9.13 Å². The van der Waals surface area contributed by atoms with Gasteiger partial charge in [0.25, 0.3) is 0 Å². The van der Waals surface area contributed by atoms with Crippen LogP contribution >= 0.6 is 0 Å². The van der Waals surface area contributed by atoms with Gasteiger partial charge in [0, 0.05) is 38.0 Å². The van der Waals surface area contributed by atoms with E-state index in [0.29, 0.717) is 5.56 Å². The molecular weight excluding hydrogens is 731 g/mol. The monoisotopic (exact) mass is 765 g/mol. The molecule has 0 unspecified atom stereocenters. The van der Waals surface area contributed by atoms with Crippen LogP contribution in [0.2, 0.25) is 0 Å². The van der Waals surface area contributed by atoms with Crippen molar-refractivity contribution in [2.24, 2.45) is 0 Å².